The number of hydrogen-bond acceptors (Lipinski definition) is 3. The third kappa shape index (κ3) is 4.08. The Labute approximate surface area is 112 Å². The fraction of sp³-hybridized carbons (Fsp3) is 0.750. The van der Waals surface area contributed by atoms with E-state index in [9.17, 15) is 5.11 Å². The van der Waals surface area contributed by atoms with Gasteiger partial charge in [0, 0.05) is 20.1 Å². The molecule has 1 aromatic heterocycles. The molecule has 0 bridgehead atoms. The van der Waals surface area contributed by atoms with Crippen LogP contribution >= 0.6 is 15.9 Å². The summed E-state index contributed by atoms with van der Waals surface area (Å²) in [7, 11) is 4.04. The minimum Gasteiger partial charge on any atom is -0.393 e. The molecule has 0 spiro atoms. The van der Waals surface area contributed by atoms with E-state index in [1.807, 2.05) is 18.7 Å². The Morgan fingerprint density at radius 2 is 2.18 bits per heavy atom. The first kappa shape index (κ1) is 14.7. The Morgan fingerprint density at radius 3 is 2.65 bits per heavy atom. The Hall–Kier alpha value is -0.390. The van der Waals surface area contributed by atoms with Gasteiger partial charge in [0.1, 0.15) is 0 Å². The molecule has 1 aromatic rings. The van der Waals surface area contributed by atoms with Crippen molar-refractivity contribution in [2.24, 2.45) is 7.05 Å². The predicted molar refractivity (Wildman–Crippen MR) is 72.9 cm³/mol. The number of aryl methyl sites for hydroxylation is 2. The molecule has 0 aromatic carbocycles. The van der Waals surface area contributed by atoms with Crippen molar-refractivity contribution in [1.82, 2.24) is 14.7 Å². The van der Waals surface area contributed by atoms with Crippen LogP contribution in [0.4, 0.5) is 0 Å². The first-order valence-corrected chi connectivity index (χ1v) is 6.81. The first-order chi connectivity index (χ1) is 7.95. The summed E-state index contributed by atoms with van der Waals surface area (Å²) < 4.78 is 3.05. The minimum atomic E-state index is -0.237. The smallest absolute Gasteiger partial charge is 0.0767 e. The Kier molecular flexibility index (Phi) is 5.62. The molecule has 0 fully saturated rings. The molecule has 17 heavy (non-hydrogen) atoms. The van der Waals surface area contributed by atoms with Gasteiger partial charge in [-0.3, -0.25) is 4.68 Å². The lowest BCUT2D eigenvalue weighted by molar-refractivity contribution is 0.162. The lowest BCUT2D eigenvalue weighted by Gasteiger charge is -2.17. The van der Waals surface area contributed by atoms with Crippen molar-refractivity contribution in [2.45, 2.75) is 39.3 Å². The first-order valence-electron chi connectivity index (χ1n) is 6.02. The van der Waals surface area contributed by atoms with Crippen LogP contribution in [0.3, 0.4) is 0 Å². The maximum absolute atomic E-state index is 9.27. The summed E-state index contributed by atoms with van der Waals surface area (Å²) in [6.07, 6.45) is 1.50. The van der Waals surface area contributed by atoms with Crippen molar-refractivity contribution in [3.05, 3.63) is 15.9 Å². The molecule has 1 atom stereocenters. The predicted octanol–water partition coefficient (Wildman–Crippen LogP) is 1.95. The maximum atomic E-state index is 9.27. The standard InChI is InChI=1S/C12H22BrN3O/c1-5-10-12(13)11(16(4)14-10)8-15(3)7-6-9(2)17/h9,17H,5-8H2,1-4H3. The van der Waals surface area contributed by atoms with Gasteiger partial charge in [0.05, 0.1) is 22.0 Å². The number of hydrogen-bond donors (Lipinski definition) is 1. The van der Waals surface area contributed by atoms with Crippen LogP contribution in [-0.2, 0) is 20.0 Å². The van der Waals surface area contributed by atoms with Gasteiger partial charge in [-0.05, 0) is 42.7 Å². The van der Waals surface area contributed by atoms with E-state index in [-0.39, 0.29) is 6.10 Å². The third-order valence-electron chi connectivity index (χ3n) is 2.85. The molecular weight excluding hydrogens is 282 g/mol. The molecule has 0 aliphatic heterocycles. The largest absolute Gasteiger partial charge is 0.393 e. The zero-order valence-corrected chi connectivity index (χ0v) is 12.7. The van der Waals surface area contributed by atoms with E-state index in [2.05, 4.69) is 39.9 Å². The second-order valence-corrected chi connectivity index (χ2v) is 5.35. The van der Waals surface area contributed by atoms with E-state index >= 15 is 0 Å². The summed E-state index contributed by atoms with van der Waals surface area (Å²) in [5, 5.41) is 13.7. The van der Waals surface area contributed by atoms with Gasteiger partial charge >= 0.3 is 0 Å². The van der Waals surface area contributed by atoms with Crippen molar-refractivity contribution in [3.63, 3.8) is 0 Å². The normalized spacial score (nSPS) is 13.4. The highest BCUT2D eigenvalue weighted by atomic mass is 79.9. The number of aliphatic hydroxyl groups is 1. The van der Waals surface area contributed by atoms with Crippen LogP contribution in [0.2, 0.25) is 0 Å². The van der Waals surface area contributed by atoms with Crippen LogP contribution in [0.1, 0.15) is 31.7 Å². The van der Waals surface area contributed by atoms with Crippen molar-refractivity contribution in [3.8, 4) is 0 Å². The van der Waals surface area contributed by atoms with E-state index in [4.69, 9.17) is 0 Å². The maximum Gasteiger partial charge on any atom is 0.0767 e. The Balaban J connectivity index is 2.64. The lowest BCUT2D eigenvalue weighted by Crippen LogP contribution is -2.23. The summed E-state index contributed by atoms with van der Waals surface area (Å²) in [6.45, 7) is 5.66. The van der Waals surface area contributed by atoms with Crippen molar-refractivity contribution < 1.29 is 5.11 Å². The number of nitrogens with zero attached hydrogens (tertiary/aromatic N) is 3. The molecule has 4 nitrogen and oxygen atoms in total. The molecular formula is C12H22BrN3O. The highest BCUT2D eigenvalue weighted by Gasteiger charge is 2.14. The van der Waals surface area contributed by atoms with E-state index < -0.39 is 0 Å². The van der Waals surface area contributed by atoms with Gasteiger partial charge in [-0.25, -0.2) is 0 Å². The average molecular weight is 304 g/mol. The Bertz CT molecular complexity index is 363. The van der Waals surface area contributed by atoms with Gasteiger partial charge in [0.25, 0.3) is 0 Å². The van der Waals surface area contributed by atoms with Gasteiger partial charge in [0.15, 0.2) is 0 Å². The molecule has 1 rings (SSSR count). The SMILES string of the molecule is CCc1nn(C)c(CN(C)CCC(C)O)c1Br. The molecule has 0 saturated heterocycles. The summed E-state index contributed by atoms with van der Waals surface area (Å²) in [5.74, 6) is 0. The number of rotatable bonds is 6. The summed E-state index contributed by atoms with van der Waals surface area (Å²) in [4.78, 5) is 2.20. The topological polar surface area (TPSA) is 41.3 Å². The van der Waals surface area contributed by atoms with E-state index in [0.717, 1.165) is 36.1 Å². The molecule has 1 N–H and O–H groups in total. The molecule has 0 aliphatic rings. The molecule has 0 radical (unpaired) electrons. The second-order valence-electron chi connectivity index (χ2n) is 4.56. The Morgan fingerprint density at radius 1 is 1.53 bits per heavy atom. The monoisotopic (exact) mass is 303 g/mol. The average Bonchev–Trinajstić information content (AvgIpc) is 2.53. The van der Waals surface area contributed by atoms with Crippen molar-refractivity contribution in [2.75, 3.05) is 13.6 Å². The van der Waals surface area contributed by atoms with Crippen LogP contribution in [-0.4, -0.2) is 39.5 Å². The molecule has 1 unspecified atom stereocenters. The van der Waals surface area contributed by atoms with Gasteiger partial charge < -0.3 is 10.0 Å². The van der Waals surface area contributed by atoms with Gasteiger partial charge in [0.2, 0.25) is 0 Å². The van der Waals surface area contributed by atoms with E-state index in [1.165, 1.54) is 5.69 Å². The molecule has 5 heteroatoms. The summed E-state index contributed by atoms with van der Waals surface area (Å²) in [6, 6.07) is 0. The number of halogens is 1. The quantitative estimate of drug-likeness (QED) is 0.873. The second kappa shape index (κ2) is 6.52. The summed E-state index contributed by atoms with van der Waals surface area (Å²) >= 11 is 3.61. The zero-order valence-electron chi connectivity index (χ0n) is 11.1. The number of aliphatic hydroxyl groups excluding tert-OH is 1. The van der Waals surface area contributed by atoms with Crippen molar-refractivity contribution in [1.29, 1.82) is 0 Å². The molecule has 0 saturated carbocycles. The minimum absolute atomic E-state index is 0.237. The zero-order chi connectivity index (χ0) is 13.0. The van der Waals surface area contributed by atoms with Crippen LogP contribution < -0.4 is 0 Å². The van der Waals surface area contributed by atoms with Gasteiger partial charge in [-0.15, -0.1) is 0 Å². The fourth-order valence-electron chi connectivity index (χ4n) is 1.73. The fourth-order valence-corrected chi connectivity index (χ4v) is 2.48. The van der Waals surface area contributed by atoms with Gasteiger partial charge in [-0.1, -0.05) is 6.92 Å². The molecule has 0 amide bonds. The third-order valence-corrected chi connectivity index (χ3v) is 3.77. The van der Waals surface area contributed by atoms with E-state index in [0.29, 0.717) is 0 Å². The lowest BCUT2D eigenvalue weighted by atomic mass is 10.2. The number of aromatic nitrogens is 2. The highest BCUT2D eigenvalue weighted by molar-refractivity contribution is 9.10. The molecule has 1 heterocycles. The van der Waals surface area contributed by atoms with Crippen molar-refractivity contribution >= 4 is 15.9 Å². The molecule has 98 valence electrons. The highest BCUT2D eigenvalue weighted by Crippen LogP contribution is 2.22. The van der Waals surface area contributed by atoms with E-state index in [1.54, 1.807) is 0 Å². The molecule has 0 aliphatic carbocycles. The van der Waals surface area contributed by atoms with Gasteiger partial charge in [-0.2, -0.15) is 5.10 Å². The van der Waals surface area contributed by atoms with Crippen LogP contribution in [0.25, 0.3) is 0 Å². The van der Waals surface area contributed by atoms with Crippen LogP contribution in [0.15, 0.2) is 4.47 Å². The van der Waals surface area contributed by atoms with Crippen LogP contribution in [0.5, 0.6) is 0 Å². The van der Waals surface area contributed by atoms with Crippen LogP contribution in [0, 0.1) is 0 Å². The summed E-state index contributed by atoms with van der Waals surface area (Å²) in [5.41, 5.74) is 2.29.